The molecule has 0 fully saturated rings. The topological polar surface area (TPSA) is 30.2 Å². The number of rotatable bonds is 4. The third-order valence-corrected chi connectivity index (χ3v) is 10.8. The zero-order chi connectivity index (χ0) is 34.9. The van der Waals surface area contributed by atoms with E-state index in [2.05, 4.69) is 192 Å². The molecule has 0 unspecified atom stereocenters. The predicted octanol–water partition coefficient (Wildman–Crippen LogP) is 13.2. The van der Waals surface area contributed by atoms with Crippen molar-refractivity contribution in [2.24, 2.45) is 0 Å². The second kappa shape index (κ2) is 11.7. The zero-order valence-corrected chi connectivity index (χ0v) is 28.7. The van der Waals surface area contributed by atoms with Crippen LogP contribution >= 0.6 is 0 Å². The van der Waals surface area contributed by atoms with Gasteiger partial charge < -0.3 is 4.40 Å². The Kier molecular flexibility index (Phi) is 6.55. The van der Waals surface area contributed by atoms with Crippen LogP contribution in [0.2, 0.25) is 0 Å². The Morgan fingerprint density at radius 3 is 1.75 bits per heavy atom. The summed E-state index contributed by atoms with van der Waals surface area (Å²) in [5.74, 6) is 0.711. The molecule has 0 saturated carbocycles. The number of pyridine rings is 1. The van der Waals surface area contributed by atoms with Gasteiger partial charge in [-0.25, -0.2) is 9.97 Å². The SMILES string of the molecule is c1ccc(-c2ccc(-c3c4ccc(-c5nc(-c6ccccc6)c6c(ccc7ccccc76)n5)cc4n4c5ccccc5c5ccccc5c34)cc2)cc1. The highest BCUT2D eigenvalue weighted by Crippen LogP contribution is 2.44. The lowest BCUT2D eigenvalue weighted by Gasteiger charge is -2.12. The molecule has 0 aliphatic rings. The molecule has 11 aromatic rings. The Morgan fingerprint density at radius 2 is 0.962 bits per heavy atom. The van der Waals surface area contributed by atoms with Crippen LogP contribution in [-0.4, -0.2) is 14.4 Å². The average molecular weight is 674 g/mol. The van der Waals surface area contributed by atoms with E-state index in [4.69, 9.17) is 9.97 Å². The molecule has 3 nitrogen and oxygen atoms in total. The minimum absolute atomic E-state index is 0.711. The molecule has 3 heteroatoms. The Bertz CT molecular complexity index is 3200. The van der Waals surface area contributed by atoms with E-state index < -0.39 is 0 Å². The van der Waals surface area contributed by atoms with Crippen molar-refractivity contribution >= 4 is 59.8 Å². The van der Waals surface area contributed by atoms with E-state index in [1.54, 1.807) is 0 Å². The molecule has 8 aromatic carbocycles. The molecule has 0 aliphatic heterocycles. The Balaban J connectivity index is 1.22. The normalized spacial score (nSPS) is 11.8. The van der Waals surface area contributed by atoms with E-state index in [9.17, 15) is 0 Å². The summed E-state index contributed by atoms with van der Waals surface area (Å²) in [6.45, 7) is 0. The molecule has 0 bridgehead atoms. The first-order chi connectivity index (χ1) is 26.3. The van der Waals surface area contributed by atoms with E-state index in [0.29, 0.717) is 5.82 Å². The highest BCUT2D eigenvalue weighted by atomic mass is 14.9. The number of nitrogens with zero attached hydrogens (tertiary/aromatic N) is 3. The fraction of sp³-hybridized carbons (Fsp3) is 0. The van der Waals surface area contributed by atoms with Crippen LogP contribution in [0, 0.1) is 0 Å². The second-order valence-corrected chi connectivity index (χ2v) is 13.7. The maximum absolute atomic E-state index is 5.37. The minimum atomic E-state index is 0.711. The van der Waals surface area contributed by atoms with Crippen LogP contribution in [-0.2, 0) is 0 Å². The van der Waals surface area contributed by atoms with Gasteiger partial charge in [0, 0.05) is 38.2 Å². The van der Waals surface area contributed by atoms with Gasteiger partial charge >= 0.3 is 0 Å². The van der Waals surface area contributed by atoms with Gasteiger partial charge in [0.05, 0.1) is 27.8 Å². The van der Waals surface area contributed by atoms with Crippen LogP contribution in [0.4, 0.5) is 0 Å². The number of para-hydroxylation sites is 1. The third-order valence-electron chi connectivity index (χ3n) is 10.8. The zero-order valence-electron chi connectivity index (χ0n) is 28.7. The van der Waals surface area contributed by atoms with Crippen molar-refractivity contribution in [3.63, 3.8) is 0 Å². The van der Waals surface area contributed by atoms with Crippen LogP contribution in [0.1, 0.15) is 0 Å². The number of hydrogen-bond acceptors (Lipinski definition) is 2. The monoisotopic (exact) mass is 673 g/mol. The molecule has 53 heavy (non-hydrogen) atoms. The van der Waals surface area contributed by atoms with Gasteiger partial charge in [0.2, 0.25) is 0 Å². The van der Waals surface area contributed by atoms with Crippen LogP contribution in [0.15, 0.2) is 188 Å². The van der Waals surface area contributed by atoms with Gasteiger partial charge in [0.25, 0.3) is 0 Å². The smallest absolute Gasteiger partial charge is 0.160 e. The van der Waals surface area contributed by atoms with Gasteiger partial charge in [-0.1, -0.05) is 170 Å². The Labute approximate surface area is 306 Å². The first kappa shape index (κ1) is 29.6. The third kappa shape index (κ3) is 4.61. The first-order valence-corrected chi connectivity index (χ1v) is 18.1. The summed E-state index contributed by atoms with van der Waals surface area (Å²) in [7, 11) is 0. The fourth-order valence-electron chi connectivity index (χ4n) is 8.34. The van der Waals surface area contributed by atoms with Crippen molar-refractivity contribution in [2.75, 3.05) is 0 Å². The van der Waals surface area contributed by atoms with Gasteiger partial charge in [-0.3, -0.25) is 0 Å². The molecular formula is C50H31N3. The minimum Gasteiger partial charge on any atom is -0.308 e. The number of benzene rings is 8. The van der Waals surface area contributed by atoms with Gasteiger partial charge in [0.1, 0.15) is 0 Å². The summed E-state index contributed by atoms with van der Waals surface area (Å²) in [6, 6.07) is 67.3. The van der Waals surface area contributed by atoms with E-state index >= 15 is 0 Å². The molecule has 0 aliphatic carbocycles. The van der Waals surface area contributed by atoms with Crippen molar-refractivity contribution in [1.82, 2.24) is 14.4 Å². The largest absolute Gasteiger partial charge is 0.308 e. The number of hydrogen-bond donors (Lipinski definition) is 0. The number of aromatic nitrogens is 3. The maximum atomic E-state index is 5.37. The van der Waals surface area contributed by atoms with Crippen molar-refractivity contribution < 1.29 is 0 Å². The molecule has 246 valence electrons. The fourth-order valence-corrected chi connectivity index (χ4v) is 8.34. The highest BCUT2D eigenvalue weighted by molar-refractivity contribution is 6.22. The first-order valence-electron chi connectivity index (χ1n) is 18.1. The van der Waals surface area contributed by atoms with E-state index in [1.807, 2.05) is 0 Å². The Hall–Kier alpha value is -7.10. The summed E-state index contributed by atoms with van der Waals surface area (Å²) in [5.41, 5.74) is 12.3. The standard InChI is InChI=1S/C50H31N3/c1-3-13-32(14-4-1)33-23-25-35(26-24-33)46-42-29-27-37(31-45(42)53-44-22-12-11-20-40(44)39-19-9-10-21-41(39)49(46)53)50-51-43-30-28-34-15-7-8-18-38(34)47(43)48(52-50)36-16-5-2-6-17-36/h1-31H. The van der Waals surface area contributed by atoms with E-state index in [-0.39, 0.29) is 0 Å². The van der Waals surface area contributed by atoms with Crippen molar-refractivity contribution in [1.29, 1.82) is 0 Å². The number of fused-ring (bicyclic) bond motifs is 11. The van der Waals surface area contributed by atoms with Gasteiger partial charge in [-0.05, 0) is 51.0 Å². The lowest BCUT2D eigenvalue weighted by atomic mass is 9.96. The highest BCUT2D eigenvalue weighted by Gasteiger charge is 2.21. The second-order valence-electron chi connectivity index (χ2n) is 13.7. The molecule has 0 radical (unpaired) electrons. The van der Waals surface area contributed by atoms with Crippen LogP contribution in [0.5, 0.6) is 0 Å². The lowest BCUT2D eigenvalue weighted by Crippen LogP contribution is -1.96. The summed E-state index contributed by atoms with van der Waals surface area (Å²) < 4.78 is 2.46. The summed E-state index contributed by atoms with van der Waals surface area (Å²) in [6.07, 6.45) is 0. The molecule has 11 rings (SSSR count). The Morgan fingerprint density at radius 1 is 0.358 bits per heavy atom. The van der Waals surface area contributed by atoms with Gasteiger partial charge in [-0.2, -0.15) is 0 Å². The molecule has 0 saturated heterocycles. The molecule has 3 heterocycles. The maximum Gasteiger partial charge on any atom is 0.160 e. The van der Waals surface area contributed by atoms with Gasteiger partial charge in [0.15, 0.2) is 5.82 Å². The molecular weight excluding hydrogens is 643 g/mol. The molecule has 0 spiro atoms. The summed E-state index contributed by atoms with van der Waals surface area (Å²) in [4.78, 5) is 10.6. The molecule has 0 amide bonds. The lowest BCUT2D eigenvalue weighted by molar-refractivity contribution is 1.23. The predicted molar refractivity (Wildman–Crippen MR) is 222 cm³/mol. The van der Waals surface area contributed by atoms with Gasteiger partial charge in [-0.15, -0.1) is 0 Å². The quantitative estimate of drug-likeness (QED) is 0.174. The summed E-state index contributed by atoms with van der Waals surface area (Å²) in [5, 5.41) is 8.31. The molecule has 3 aromatic heterocycles. The van der Waals surface area contributed by atoms with E-state index in [0.717, 1.165) is 38.6 Å². The molecule has 0 N–H and O–H groups in total. The van der Waals surface area contributed by atoms with E-state index in [1.165, 1.54) is 60.2 Å². The molecule has 0 atom stereocenters. The average Bonchev–Trinajstić information content (AvgIpc) is 3.59. The van der Waals surface area contributed by atoms with Crippen LogP contribution in [0.25, 0.3) is 105 Å². The van der Waals surface area contributed by atoms with Crippen LogP contribution in [0.3, 0.4) is 0 Å². The summed E-state index contributed by atoms with van der Waals surface area (Å²) >= 11 is 0. The van der Waals surface area contributed by atoms with Crippen molar-refractivity contribution in [3.05, 3.63) is 188 Å². The van der Waals surface area contributed by atoms with Crippen LogP contribution < -0.4 is 0 Å². The van der Waals surface area contributed by atoms with Crippen molar-refractivity contribution in [2.45, 2.75) is 0 Å². The van der Waals surface area contributed by atoms with Crippen molar-refractivity contribution in [3.8, 4) is 44.9 Å².